The van der Waals surface area contributed by atoms with Gasteiger partial charge >= 0.3 is 0 Å². The minimum Gasteiger partial charge on any atom is -0.373 e. The Morgan fingerprint density at radius 3 is 2.88 bits per heavy atom. The maximum atomic E-state index is 5.32. The Bertz CT molecular complexity index is 508. The van der Waals surface area contributed by atoms with Crippen molar-refractivity contribution in [2.24, 2.45) is 0 Å². The lowest BCUT2D eigenvalue weighted by molar-refractivity contribution is 0.358. The zero-order valence-electron chi connectivity index (χ0n) is 9.97. The molecule has 2 aromatic rings. The summed E-state index contributed by atoms with van der Waals surface area (Å²) in [6, 6.07) is 8.40. The summed E-state index contributed by atoms with van der Waals surface area (Å²) < 4.78 is 5.32. The Kier molecular flexibility index (Phi) is 2.35. The number of anilines is 1. The standard InChI is InChI=1S/C13H15N3O/c1-8(2)12-15-13(17-16-12)11-7-9-5-3-4-6-10(9)14-11/h3-6,8,11,14H,7H2,1-2H3. The number of rotatable bonds is 2. The van der Waals surface area contributed by atoms with Crippen LogP contribution in [0.25, 0.3) is 0 Å². The summed E-state index contributed by atoms with van der Waals surface area (Å²) in [5.41, 5.74) is 2.48. The first-order valence-corrected chi connectivity index (χ1v) is 5.92. The van der Waals surface area contributed by atoms with E-state index in [1.165, 1.54) is 11.3 Å². The van der Waals surface area contributed by atoms with Crippen LogP contribution in [0.5, 0.6) is 0 Å². The van der Waals surface area contributed by atoms with Crippen LogP contribution in [0.2, 0.25) is 0 Å². The van der Waals surface area contributed by atoms with Crippen molar-refractivity contribution in [2.45, 2.75) is 32.2 Å². The summed E-state index contributed by atoms with van der Waals surface area (Å²) in [7, 11) is 0. The average molecular weight is 229 g/mol. The normalized spacial score (nSPS) is 18.2. The van der Waals surface area contributed by atoms with E-state index in [9.17, 15) is 0 Å². The maximum Gasteiger partial charge on any atom is 0.249 e. The molecule has 1 aliphatic heterocycles. The smallest absolute Gasteiger partial charge is 0.249 e. The van der Waals surface area contributed by atoms with E-state index < -0.39 is 0 Å². The van der Waals surface area contributed by atoms with Crippen molar-refractivity contribution in [3.8, 4) is 0 Å². The molecule has 1 N–H and O–H groups in total. The molecule has 2 heterocycles. The lowest BCUT2D eigenvalue weighted by atomic mass is 10.1. The molecule has 3 rings (SSSR count). The van der Waals surface area contributed by atoms with Gasteiger partial charge in [-0.3, -0.25) is 0 Å². The second-order valence-corrected chi connectivity index (χ2v) is 4.70. The number of para-hydroxylation sites is 1. The molecular weight excluding hydrogens is 214 g/mol. The predicted octanol–water partition coefficient (Wildman–Crippen LogP) is 2.90. The Labute approximate surface area is 100 Å². The fraction of sp³-hybridized carbons (Fsp3) is 0.385. The molecule has 1 aliphatic rings. The summed E-state index contributed by atoms with van der Waals surface area (Å²) in [5, 5.41) is 7.40. The van der Waals surface area contributed by atoms with Crippen molar-refractivity contribution < 1.29 is 4.52 Å². The van der Waals surface area contributed by atoms with Crippen LogP contribution in [0, 0.1) is 0 Å². The number of hydrogen-bond donors (Lipinski definition) is 1. The van der Waals surface area contributed by atoms with E-state index in [0.717, 1.165) is 12.2 Å². The zero-order valence-corrected chi connectivity index (χ0v) is 9.97. The first-order chi connectivity index (χ1) is 8.24. The van der Waals surface area contributed by atoms with E-state index >= 15 is 0 Å². The molecule has 1 unspecified atom stereocenters. The molecule has 4 heteroatoms. The minimum absolute atomic E-state index is 0.118. The molecule has 0 aliphatic carbocycles. The van der Waals surface area contributed by atoms with E-state index in [-0.39, 0.29) is 6.04 Å². The van der Waals surface area contributed by atoms with Gasteiger partial charge in [0.15, 0.2) is 5.82 Å². The van der Waals surface area contributed by atoms with Crippen molar-refractivity contribution in [3.63, 3.8) is 0 Å². The van der Waals surface area contributed by atoms with Crippen LogP contribution in [0.15, 0.2) is 28.8 Å². The van der Waals surface area contributed by atoms with Crippen LogP contribution in [0.3, 0.4) is 0 Å². The fourth-order valence-corrected chi connectivity index (χ4v) is 2.07. The van der Waals surface area contributed by atoms with Gasteiger partial charge in [-0.05, 0) is 11.6 Å². The molecule has 0 saturated heterocycles. The highest BCUT2D eigenvalue weighted by Gasteiger charge is 2.26. The fourth-order valence-electron chi connectivity index (χ4n) is 2.07. The molecule has 1 atom stereocenters. The van der Waals surface area contributed by atoms with Gasteiger partial charge in [0, 0.05) is 18.0 Å². The van der Waals surface area contributed by atoms with Gasteiger partial charge in [0.05, 0.1) is 0 Å². The van der Waals surface area contributed by atoms with Crippen LogP contribution >= 0.6 is 0 Å². The molecule has 0 radical (unpaired) electrons. The molecule has 88 valence electrons. The van der Waals surface area contributed by atoms with E-state index in [0.29, 0.717) is 11.8 Å². The highest BCUT2D eigenvalue weighted by Crippen LogP contribution is 2.33. The average Bonchev–Trinajstić information content (AvgIpc) is 2.95. The number of nitrogens with zero attached hydrogens (tertiary/aromatic N) is 2. The van der Waals surface area contributed by atoms with Crippen molar-refractivity contribution >= 4 is 5.69 Å². The molecule has 1 aromatic carbocycles. The topological polar surface area (TPSA) is 51.0 Å². The third kappa shape index (κ3) is 1.79. The van der Waals surface area contributed by atoms with Gasteiger partial charge in [0.25, 0.3) is 0 Å². The molecule has 0 spiro atoms. The van der Waals surface area contributed by atoms with Crippen LogP contribution in [-0.2, 0) is 6.42 Å². The highest BCUT2D eigenvalue weighted by atomic mass is 16.5. The predicted molar refractivity (Wildman–Crippen MR) is 64.9 cm³/mol. The van der Waals surface area contributed by atoms with E-state index in [1.807, 2.05) is 6.07 Å². The van der Waals surface area contributed by atoms with Gasteiger partial charge in [-0.15, -0.1) is 0 Å². The number of benzene rings is 1. The Morgan fingerprint density at radius 2 is 2.18 bits per heavy atom. The molecule has 0 saturated carbocycles. The molecule has 4 nitrogen and oxygen atoms in total. The summed E-state index contributed by atoms with van der Waals surface area (Å²) in [6.07, 6.45) is 0.913. The van der Waals surface area contributed by atoms with Gasteiger partial charge in [0.2, 0.25) is 5.89 Å². The van der Waals surface area contributed by atoms with Crippen LogP contribution in [0.4, 0.5) is 5.69 Å². The Hall–Kier alpha value is -1.84. The van der Waals surface area contributed by atoms with Crippen LogP contribution < -0.4 is 5.32 Å². The van der Waals surface area contributed by atoms with Gasteiger partial charge in [-0.25, -0.2) is 0 Å². The minimum atomic E-state index is 0.118. The first-order valence-electron chi connectivity index (χ1n) is 5.92. The van der Waals surface area contributed by atoms with E-state index in [2.05, 4.69) is 47.5 Å². The van der Waals surface area contributed by atoms with Crippen molar-refractivity contribution in [1.82, 2.24) is 10.1 Å². The lowest BCUT2D eigenvalue weighted by Crippen LogP contribution is -2.06. The van der Waals surface area contributed by atoms with Crippen molar-refractivity contribution in [3.05, 3.63) is 41.5 Å². The van der Waals surface area contributed by atoms with E-state index in [4.69, 9.17) is 4.52 Å². The largest absolute Gasteiger partial charge is 0.373 e. The van der Waals surface area contributed by atoms with Gasteiger partial charge < -0.3 is 9.84 Å². The molecule has 0 amide bonds. The second-order valence-electron chi connectivity index (χ2n) is 4.70. The Balaban J connectivity index is 1.84. The number of hydrogen-bond acceptors (Lipinski definition) is 4. The first kappa shape index (κ1) is 10.3. The van der Waals surface area contributed by atoms with Gasteiger partial charge in [-0.1, -0.05) is 37.2 Å². The Morgan fingerprint density at radius 1 is 1.35 bits per heavy atom. The molecule has 1 aromatic heterocycles. The third-order valence-corrected chi connectivity index (χ3v) is 3.04. The number of fused-ring (bicyclic) bond motifs is 1. The molecular formula is C13H15N3O. The molecule has 0 bridgehead atoms. The molecule has 17 heavy (non-hydrogen) atoms. The highest BCUT2D eigenvalue weighted by molar-refractivity contribution is 5.56. The quantitative estimate of drug-likeness (QED) is 0.860. The third-order valence-electron chi connectivity index (χ3n) is 3.04. The van der Waals surface area contributed by atoms with Crippen molar-refractivity contribution in [1.29, 1.82) is 0 Å². The summed E-state index contributed by atoms with van der Waals surface area (Å²) in [6.45, 7) is 4.12. The summed E-state index contributed by atoms with van der Waals surface area (Å²) >= 11 is 0. The van der Waals surface area contributed by atoms with Gasteiger partial charge in [0.1, 0.15) is 6.04 Å². The van der Waals surface area contributed by atoms with Crippen molar-refractivity contribution in [2.75, 3.05) is 5.32 Å². The monoisotopic (exact) mass is 229 g/mol. The number of nitrogens with one attached hydrogen (secondary N) is 1. The zero-order chi connectivity index (χ0) is 11.8. The molecule has 0 fully saturated rings. The second kappa shape index (κ2) is 3.87. The SMILES string of the molecule is CC(C)c1noc(C2Cc3ccccc3N2)n1. The van der Waals surface area contributed by atoms with Gasteiger partial charge in [-0.2, -0.15) is 4.98 Å². The summed E-state index contributed by atoms with van der Waals surface area (Å²) in [4.78, 5) is 4.43. The van der Waals surface area contributed by atoms with Crippen LogP contribution in [0.1, 0.15) is 43.1 Å². The van der Waals surface area contributed by atoms with E-state index in [1.54, 1.807) is 0 Å². The van der Waals surface area contributed by atoms with Crippen LogP contribution in [-0.4, -0.2) is 10.1 Å². The lowest BCUT2D eigenvalue weighted by Gasteiger charge is -2.04. The summed E-state index contributed by atoms with van der Waals surface area (Å²) in [5.74, 6) is 1.76. The maximum absolute atomic E-state index is 5.32. The number of aromatic nitrogens is 2.